The summed E-state index contributed by atoms with van der Waals surface area (Å²) in [6.07, 6.45) is 3.92. The first kappa shape index (κ1) is 30.8. The van der Waals surface area contributed by atoms with Crippen LogP contribution in [-0.4, -0.2) is 33.9 Å². The van der Waals surface area contributed by atoms with Crippen LogP contribution in [0.5, 0.6) is 0 Å². The van der Waals surface area contributed by atoms with E-state index in [0.29, 0.717) is 23.4 Å². The van der Waals surface area contributed by atoms with E-state index in [0.717, 1.165) is 21.4 Å². The fourth-order valence-electron chi connectivity index (χ4n) is 4.66. The Morgan fingerprint density at radius 2 is 1.60 bits per heavy atom. The van der Waals surface area contributed by atoms with Crippen LogP contribution in [0, 0.1) is 0 Å². The largest absolute Gasteiger partial charge is 0.366 e. The summed E-state index contributed by atoms with van der Waals surface area (Å²) >= 11 is 1.33. The number of amides is 4. The van der Waals surface area contributed by atoms with Crippen molar-refractivity contribution in [1.29, 1.82) is 0 Å². The molecule has 0 aliphatic carbocycles. The van der Waals surface area contributed by atoms with Crippen molar-refractivity contribution in [3.8, 4) is 0 Å². The summed E-state index contributed by atoms with van der Waals surface area (Å²) in [5.41, 5.74) is 8.63. The van der Waals surface area contributed by atoms with E-state index in [1.54, 1.807) is 79.0 Å². The van der Waals surface area contributed by atoms with Crippen LogP contribution in [0.3, 0.4) is 0 Å². The quantitative estimate of drug-likeness (QED) is 0.0887. The number of hydrogen-bond donors (Lipinski definition) is 5. The number of carbonyl (C=O) groups excluding carboxylic acids is 4. The maximum Gasteiger partial charge on any atom is 0.272 e. The molecule has 0 bridgehead atoms. The van der Waals surface area contributed by atoms with Gasteiger partial charge >= 0.3 is 0 Å². The van der Waals surface area contributed by atoms with Gasteiger partial charge in [0.2, 0.25) is 5.91 Å². The zero-order valence-electron chi connectivity index (χ0n) is 24.4. The van der Waals surface area contributed by atoms with Crippen molar-refractivity contribution in [2.75, 3.05) is 10.6 Å². The predicted octanol–water partition coefficient (Wildman–Crippen LogP) is 6.19. The Morgan fingerprint density at radius 1 is 0.867 bits per heavy atom. The molecule has 0 radical (unpaired) electrons. The van der Waals surface area contributed by atoms with Crippen molar-refractivity contribution in [3.05, 3.63) is 132 Å². The molecule has 0 fully saturated rings. The maximum absolute atomic E-state index is 13.6. The molecule has 0 aliphatic rings. The highest BCUT2D eigenvalue weighted by Gasteiger charge is 2.21. The molecule has 226 valence electrons. The van der Waals surface area contributed by atoms with Gasteiger partial charge in [0.25, 0.3) is 17.7 Å². The molecule has 0 saturated heterocycles. The molecule has 0 spiro atoms. The number of nitrogens with two attached hydrogens (primary N) is 1. The molecular formula is C35H31N5O4S. The second-order valence-corrected chi connectivity index (χ2v) is 11.3. The first-order valence-electron chi connectivity index (χ1n) is 14.2. The van der Waals surface area contributed by atoms with Crippen LogP contribution in [-0.2, 0) is 9.59 Å². The molecule has 45 heavy (non-hydrogen) atoms. The number of benzene rings is 4. The number of carbonyl (C=O) groups is 4. The lowest BCUT2D eigenvalue weighted by molar-refractivity contribution is -0.116. The number of aromatic amines is 1. The molecular weight excluding hydrogens is 586 g/mol. The summed E-state index contributed by atoms with van der Waals surface area (Å²) in [4.78, 5) is 55.5. The second kappa shape index (κ2) is 14.2. The van der Waals surface area contributed by atoms with Crippen LogP contribution in [0.25, 0.3) is 17.0 Å². The number of H-pyrrole nitrogens is 1. The molecule has 6 N–H and O–H groups in total. The van der Waals surface area contributed by atoms with E-state index in [-0.39, 0.29) is 17.2 Å². The van der Waals surface area contributed by atoms with Crippen LogP contribution in [0.2, 0.25) is 0 Å². The highest BCUT2D eigenvalue weighted by Crippen LogP contribution is 2.29. The van der Waals surface area contributed by atoms with Gasteiger partial charge in [-0.25, -0.2) is 0 Å². The zero-order chi connectivity index (χ0) is 31.8. The van der Waals surface area contributed by atoms with Crippen molar-refractivity contribution in [3.63, 3.8) is 0 Å². The van der Waals surface area contributed by atoms with Crippen molar-refractivity contribution in [2.45, 2.75) is 23.5 Å². The Morgan fingerprint density at radius 3 is 2.38 bits per heavy atom. The molecule has 1 unspecified atom stereocenters. The summed E-state index contributed by atoms with van der Waals surface area (Å²) in [6, 6.07) is 30.0. The van der Waals surface area contributed by atoms with Gasteiger partial charge in [-0.05, 0) is 61.0 Å². The third-order valence-corrected chi connectivity index (χ3v) is 8.29. The Labute approximate surface area is 264 Å². The number of rotatable bonds is 11. The van der Waals surface area contributed by atoms with E-state index in [4.69, 9.17) is 5.73 Å². The molecule has 4 aromatic carbocycles. The molecule has 1 heterocycles. The summed E-state index contributed by atoms with van der Waals surface area (Å²) in [6.45, 7) is 1.89. The lowest BCUT2D eigenvalue weighted by Gasteiger charge is -2.17. The van der Waals surface area contributed by atoms with E-state index >= 15 is 0 Å². The summed E-state index contributed by atoms with van der Waals surface area (Å²) in [5, 5.41) is 8.87. The Bertz CT molecular complexity index is 1900. The number of hydrogen-bond acceptors (Lipinski definition) is 5. The third-order valence-electron chi connectivity index (χ3n) is 6.93. The van der Waals surface area contributed by atoms with Gasteiger partial charge in [0.15, 0.2) is 0 Å². The van der Waals surface area contributed by atoms with Gasteiger partial charge < -0.3 is 26.7 Å². The Hall–Kier alpha value is -5.61. The second-order valence-electron chi connectivity index (χ2n) is 10.1. The van der Waals surface area contributed by atoms with E-state index in [2.05, 4.69) is 20.9 Å². The highest BCUT2D eigenvalue weighted by atomic mass is 32.2. The van der Waals surface area contributed by atoms with Crippen molar-refractivity contribution in [2.24, 2.45) is 5.73 Å². The topological polar surface area (TPSA) is 146 Å². The molecule has 10 heteroatoms. The van der Waals surface area contributed by atoms with Crippen LogP contribution in [0.15, 0.2) is 120 Å². The third kappa shape index (κ3) is 7.67. The van der Waals surface area contributed by atoms with Crippen molar-refractivity contribution < 1.29 is 19.2 Å². The average molecular weight is 618 g/mol. The van der Waals surface area contributed by atoms with Gasteiger partial charge in [0.05, 0.1) is 16.5 Å². The van der Waals surface area contributed by atoms with E-state index in [1.165, 1.54) is 11.8 Å². The van der Waals surface area contributed by atoms with Gasteiger partial charge in [0, 0.05) is 38.8 Å². The zero-order valence-corrected chi connectivity index (χ0v) is 25.2. The first-order chi connectivity index (χ1) is 21.8. The van der Waals surface area contributed by atoms with Gasteiger partial charge in [-0.15, -0.1) is 11.8 Å². The molecule has 5 rings (SSSR count). The average Bonchev–Trinajstić information content (AvgIpc) is 3.46. The highest BCUT2D eigenvalue weighted by molar-refractivity contribution is 8.00. The molecule has 5 aromatic rings. The standard InChI is InChI=1S/C35H31N5O4S/c1-2-31(35(44)39-29-18-9-7-16-27(29)32(36)41)45-25-14-10-13-24(20-25)38-34(43)30(40-33(42)22-11-4-3-5-12-22)19-23-21-37-28-17-8-6-15-26(23)28/h3-21,31,37H,2H2,1H3,(H2,36,41)(H,38,43)(H,39,44)(H,40,42)/b30-19+. The van der Waals surface area contributed by atoms with Gasteiger partial charge in [0.1, 0.15) is 5.70 Å². The Balaban J connectivity index is 1.35. The van der Waals surface area contributed by atoms with E-state index in [1.807, 2.05) is 43.3 Å². The lowest BCUT2D eigenvalue weighted by Crippen LogP contribution is -2.30. The number of nitrogens with one attached hydrogen (secondary N) is 4. The fourth-order valence-corrected chi connectivity index (χ4v) is 5.68. The normalized spacial score (nSPS) is 11.9. The molecule has 0 aliphatic heterocycles. The molecule has 9 nitrogen and oxygen atoms in total. The molecule has 0 saturated carbocycles. The van der Waals surface area contributed by atoms with Crippen LogP contribution >= 0.6 is 11.8 Å². The van der Waals surface area contributed by atoms with Gasteiger partial charge in [-0.3, -0.25) is 19.2 Å². The number of anilines is 2. The minimum atomic E-state index is -0.631. The molecule has 1 aromatic heterocycles. The molecule has 1 atom stereocenters. The van der Waals surface area contributed by atoms with E-state index < -0.39 is 23.0 Å². The molecule has 4 amide bonds. The SMILES string of the molecule is CCC(Sc1cccc(NC(=O)/C(=C\c2c[nH]c3ccccc23)NC(=O)c2ccccc2)c1)C(=O)Nc1ccccc1C(N)=O. The van der Waals surface area contributed by atoms with Crippen LogP contribution in [0.4, 0.5) is 11.4 Å². The minimum absolute atomic E-state index is 0.0607. The fraction of sp³-hybridized carbons (Fsp3) is 0.0857. The number of thioether (sulfide) groups is 1. The number of para-hydroxylation sites is 2. The smallest absolute Gasteiger partial charge is 0.272 e. The first-order valence-corrected chi connectivity index (χ1v) is 15.1. The summed E-state index contributed by atoms with van der Waals surface area (Å²) < 4.78 is 0. The summed E-state index contributed by atoms with van der Waals surface area (Å²) in [5.74, 6) is -1.85. The number of fused-ring (bicyclic) bond motifs is 1. The maximum atomic E-state index is 13.6. The predicted molar refractivity (Wildman–Crippen MR) is 179 cm³/mol. The van der Waals surface area contributed by atoms with Gasteiger partial charge in [-0.1, -0.05) is 61.5 Å². The Kier molecular flexibility index (Phi) is 9.76. The van der Waals surface area contributed by atoms with Crippen LogP contribution in [0.1, 0.15) is 39.6 Å². The number of primary amides is 1. The summed E-state index contributed by atoms with van der Waals surface area (Å²) in [7, 11) is 0. The van der Waals surface area contributed by atoms with Gasteiger partial charge in [-0.2, -0.15) is 0 Å². The van der Waals surface area contributed by atoms with Crippen molar-refractivity contribution >= 4 is 63.7 Å². The minimum Gasteiger partial charge on any atom is -0.366 e. The van der Waals surface area contributed by atoms with E-state index in [9.17, 15) is 19.2 Å². The van der Waals surface area contributed by atoms with Crippen LogP contribution < -0.4 is 21.7 Å². The lowest BCUT2D eigenvalue weighted by atomic mass is 10.1. The monoisotopic (exact) mass is 617 g/mol. The van der Waals surface area contributed by atoms with Crippen molar-refractivity contribution in [1.82, 2.24) is 10.3 Å². The number of aromatic nitrogens is 1.